The Bertz CT molecular complexity index is 1080. The van der Waals surface area contributed by atoms with E-state index in [9.17, 15) is 4.79 Å². The van der Waals surface area contributed by atoms with Crippen molar-refractivity contribution in [3.63, 3.8) is 0 Å². The number of ether oxygens (including phenoxy) is 3. The normalized spacial score (nSPS) is 10.3. The molecular formula is C23H27N5O4. The third kappa shape index (κ3) is 5.18. The van der Waals surface area contributed by atoms with Gasteiger partial charge in [-0.15, -0.1) is 0 Å². The van der Waals surface area contributed by atoms with Crippen LogP contribution < -0.4 is 29.7 Å². The Balaban J connectivity index is 1.74. The fraction of sp³-hybridized carbons (Fsp3) is 0.261. The number of aryl methyl sites for hydroxylation is 1. The number of anilines is 4. The van der Waals surface area contributed by atoms with Crippen molar-refractivity contribution < 1.29 is 19.0 Å². The summed E-state index contributed by atoms with van der Waals surface area (Å²) < 4.78 is 15.9. The molecule has 1 amide bonds. The molecule has 0 aliphatic carbocycles. The van der Waals surface area contributed by atoms with Crippen LogP contribution in [0.1, 0.15) is 16.2 Å². The highest BCUT2D eigenvalue weighted by molar-refractivity contribution is 6.05. The van der Waals surface area contributed by atoms with E-state index in [1.807, 2.05) is 44.1 Å². The van der Waals surface area contributed by atoms with Gasteiger partial charge < -0.3 is 29.7 Å². The number of hydrogen-bond donors (Lipinski definition) is 2. The minimum Gasteiger partial charge on any atom is -0.493 e. The fourth-order valence-corrected chi connectivity index (χ4v) is 3.05. The molecule has 0 aliphatic rings. The van der Waals surface area contributed by atoms with Crippen molar-refractivity contribution in [1.29, 1.82) is 0 Å². The lowest BCUT2D eigenvalue weighted by Gasteiger charge is -2.15. The molecule has 168 valence electrons. The van der Waals surface area contributed by atoms with Gasteiger partial charge in [0.25, 0.3) is 5.91 Å². The highest BCUT2D eigenvalue weighted by atomic mass is 16.5. The third-order valence-electron chi connectivity index (χ3n) is 4.62. The Labute approximate surface area is 187 Å². The van der Waals surface area contributed by atoms with Gasteiger partial charge in [-0.3, -0.25) is 4.79 Å². The molecule has 0 fully saturated rings. The van der Waals surface area contributed by atoms with Crippen LogP contribution in [0.3, 0.4) is 0 Å². The van der Waals surface area contributed by atoms with Gasteiger partial charge in [0, 0.05) is 37.1 Å². The molecule has 9 nitrogen and oxygen atoms in total. The first-order valence-electron chi connectivity index (χ1n) is 9.86. The second kappa shape index (κ2) is 9.86. The summed E-state index contributed by atoms with van der Waals surface area (Å²) in [6, 6.07) is 12.4. The van der Waals surface area contributed by atoms with Gasteiger partial charge in [0.05, 0.1) is 21.3 Å². The van der Waals surface area contributed by atoms with E-state index in [2.05, 4.69) is 20.6 Å². The largest absolute Gasteiger partial charge is 0.493 e. The van der Waals surface area contributed by atoms with Crippen LogP contribution in [-0.4, -0.2) is 51.3 Å². The molecule has 0 spiro atoms. The van der Waals surface area contributed by atoms with Crippen molar-refractivity contribution in [2.75, 3.05) is 51.0 Å². The van der Waals surface area contributed by atoms with Crippen LogP contribution in [0.4, 0.5) is 23.0 Å². The Morgan fingerprint density at radius 1 is 0.875 bits per heavy atom. The van der Waals surface area contributed by atoms with E-state index >= 15 is 0 Å². The molecule has 0 bridgehead atoms. The van der Waals surface area contributed by atoms with E-state index in [0.717, 1.165) is 11.5 Å². The van der Waals surface area contributed by atoms with E-state index < -0.39 is 0 Å². The first-order valence-corrected chi connectivity index (χ1v) is 9.86. The summed E-state index contributed by atoms with van der Waals surface area (Å²) in [6.45, 7) is 1.85. The van der Waals surface area contributed by atoms with Crippen molar-refractivity contribution in [3.8, 4) is 17.2 Å². The second-order valence-electron chi connectivity index (χ2n) is 7.12. The highest BCUT2D eigenvalue weighted by Gasteiger charge is 2.17. The molecule has 0 aliphatic heterocycles. The molecule has 0 saturated heterocycles. The van der Waals surface area contributed by atoms with E-state index in [4.69, 9.17) is 14.2 Å². The number of carbonyl (C=O) groups excluding carboxylic acids is 1. The van der Waals surface area contributed by atoms with Gasteiger partial charge in [0.2, 0.25) is 5.75 Å². The number of nitrogens with one attached hydrogen (secondary N) is 2. The standard InChI is InChI=1S/C23H27N5O4/c1-14-24-20(13-21(25-14)28(2)3)26-16-7-9-17(10-8-16)27-23(29)15-11-18(30-4)22(32-6)19(12-15)31-5/h7-13H,1-6H3,(H,27,29)(H,24,25,26). The van der Waals surface area contributed by atoms with Gasteiger partial charge in [-0.25, -0.2) is 9.97 Å². The van der Waals surface area contributed by atoms with Crippen LogP contribution in [0.15, 0.2) is 42.5 Å². The minimum absolute atomic E-state index is 0.299. The van der Waals surface area contributed by atoms with E-state index in [-0.39, 0.29) is 5.91 Å². The number of methoxy groups -OCH3 is 3. The maximum absolute atomic E-state index is 12.8. The zero-order valence-corrected chi connectivity index (χ0v) is 19.0. The fourth-order valence-electron chi connectivity index (χ4n) is 3.05. The summed E-state index contributed by atoms with van der Waals surface area (Å²) >= 11 is 0. The molecule has 9 heteroatoms. The first-order chi connectivity index (χ1) is 15.3. The van der Waals surface area contributed by atoms with Crippen LogP contribution in [0.25, 0.3) is 0 Å². The molecule has 0 unspecified atom stereocenters. The van der Waals surface area contributed by atoms with Crippen molar-refractivity contribution >= 4 is 28.9 Å². The van der Waals surface area contributed by atoms with Crippen LogP contribution in [0.5, 0.6) is 17.2 Å². The summed E-state index contributed by atoms with van der Waals surface area (Å²) in [6.07, 6.45) is 0. The van der Waals surface area contributed by atoms with Gasteiger partial charge in [-0.05, 0) is 43.3 Å². The summed E-state index contributed by atoms with van der Waals surface area (Å²) in [7, 11) is 8.38. The lowest BCUT2D eigenvalue weighted by molar-refractivity contribution is 0.102. The van der Waals surface area contributed by atoms with Crippen molar-refractivity contribution in [3.05, 3.63) is 53.9 Å². The summed E-state index contributed by atoms with van der Waals surface area (Å²) in [5, 5.41) is 6.13. The molecule has 0 saturated carbocycles. The van der Waals surface area contributed by atoms with Crippen LogP contribution in [0, 0.1) is 6.92 Å². The van der Waals surface area contributed by atoms with Crippen LogP contribution in [0.2, 0.25) is 0 Å². The van der Waals surface area contributed by atoms with Gasteiger partial charge in [-0.2, -0.15) is 0 Å². The van der Waals surface area contributed by atoms with Crippen LogP contribution >= 0.6 is 0 Å². The molecule has 2 aromatic carbocycles. The van der Waals surface area contributed by atoms with E-state index in [1.165, 1.54) is 21.3 Å². The predicted octanol–water partition coefficient (Wildman–Crippen LogP) is 3.87. The smallest absolute Gasteiger partial charge is 0.255 e. The molecule has 32 heavy (non-hydrogen) atoms. The number of nitrogens with zero attached hydrogens (tertiary/aromatic N) is 3. The Kier molecular flexibility index (Phi) is 6.99. The number of aromatic nitrogens is 2. The molecule has 0 radical (unpaired) electrons. The average molecular weight is 438 g/mol. The van der Waals surface area contributed by atoms with Crippen molar-refractivity contribution in [2.45, 2.75) is 6.92 Å². The Morgan fingerprint density at radius 3 is 2.00 bits per heavy atom. The Morgan fingerprint density at radius 2 is 1.47 bits per heavy atom. The predicted molar refractivity (Wildman–Crippen MR) is 125 cm³/mol. The Hall–Kier alpha value is -4.01. The third-order valence-corrected chi connectivity index (χ3v) is 4.62. The van der Waals surface area contributed by atoms with E-state index in [1.54, 1.807) is 24.3 Å². The van der Waals surface area contributed by atoms with Gasteiger partial charge in [0.1, 0.15) is 17.5 Å². The zero-order valence-electron chi connectivity index (χ0n) is 19.0. The topological polar surface area (TPSA) is 97.8 Å². The SMILES string of the molecule is COc1cc(C(=O)Nc2ccc(Nc3cc(N(C)C)nc(C)n3)cc2)cc(OC)c1OC. The molecule has 1 aromatic heterocycles. The highest BCUT2D eigenvalue weighted by Crippen LogP contribution is 2.38. The molecule has 3 rings (SSSR count). The quantitative estimate of drug-likeness (QED) is 0.548. The summed E-state index contributed by atoms with van der Waals surface area (Å²) in [5.41, 5.74) is 1.86. The monoisotopic (exact) mass is 437 g/mol. The number of hydrogen-bond acceptors (Lipinski definition) is 8. The summed E-state index contributed by atoms with van der Waals surface area (Å²) in [4.78, 5) is 23.5. The number of rotatable bonds is 8. The molecule has 3 aromatic rings. The van der Waals surface area contributed by atoms with Crippen LogP contribution in [-0.2, 0) is 0 Å². The van der Waals surface area contributed by atoms with Gasteiger partial charge in [-0.1, -0.05) is 0 Å². The van der Waals surface area contributed by atoms with Crippen molar-refractivity contribution in [2.24, 2.45) is 0 Å². The number of benzene rings is 2. The first kappa shape index (κ1) is 22.7. The second-order valence-corrected chi connectivity index (χ2v) is 7.12. The molecule has 2 N–H and O–H groups in total. The molecule has 1 heterocycles. The average Bonchev–Trinajstić information content (AvgIpc) is 2.78. The lowest BCUT2D eigenvalue weighted by atomic mass is 10.1. The van der Waals surface area contributed by atoms with Gasteiger partial charge in [0.15, 0.2) is 11.5 Å². The summed E-state index contributed by atoms with van der Waals surface area (Å²) in [5.74, 6) is 3.13. The minimum atomic E-state index is -0.299. The molecule has 0 atom stereocenters. The maximum Gasteiger partial charge on any atom is 0.255 e. The van der Waals surface area contributed by atoms with Crippen molar-refractivity contribution in [1.82, 2.24) is 9.97 Å². The number of carbonyl (C=O) groups is 1. The maximum atomic E-state index is 12.8. The number of amides is 1. The van der Waals surface area contributed by atoms with Gasteiger partial charge >= 0.3 is 0 Å². The van der Waals surface area contributed by atoms with E-state index in [0.29, 0.717) is 40.1 Å². The lowest BCUT2D eigenvalue weighted by Crippen LogP contribution is -2.13. The molecular weight excluding hydrogens is 410 g/mol. The zero-order chi connectivity index (χ0) is 23.3.